The summed E-state index contributed by atoms with van der Waals surface area (Å²) in [6, 6.07) is 5.89. The highest BCUT2D eigenvalue weighted by Crippen LogP contribution is 2.27. The molecule has 1 N–H and O–H groups in total. The van der Waals surface area contributed by atoms with Gasteiger partial charge in [0.1, 0.15) is 5.82 Å². The first kappa shape index (κ1) is 13.4. The zero-order chi connectivity index (χ0) is 13.0. The average molecular weight is 249 g/mol. The minimum absolute atomic E-state index is 0.118. The molecular weight excluding hydrogens is 225 g/mol. The summed E-state index contributed by atoms with van der Waals surface area (Å²) in [6.45, 7) is 4.11. The van der Waals surface area contributed by atoms with Crippen molar-refractivity contribution in [2.75, 3.05) is 5.32 Å². The fourth-order valence-electron chi connectivity index (χ4n) is 2.90. The Balaban J connectivity index is 1.94. The maximum absolute atomic E-state index is 13.2. The van der Waals surface area contributed by atoms with Gasteiger partial charge in [-0.05, 0) is 55.9 Å². The van der Waals surface area contributed by atoms with Crippen molar-refractivity contribution < 1.29 is 4.39 Å². The van der Waals surface area contributed by atoms with E-state index in [2.05, 4.69) is 12.2 Å². The molecule has 2 heteroatoms. The van der Waals surface area contributed by atoms with Crippen LogP contribution < -0.4 is 5.32 Å². The largest absolute Gasteiger partial charge is 0.382 e. The Morgan fingerprint density at radius 3 is 2.78 bits per heavy atom. The zero-order valence-corrected chi connectivity index (χ0v) is 11.5. The third-order valence-corrected chi connectivity index (χ3v) is 4.19. The lowest BCUT2D eigenvalue weighted by Gasteiger charge is -2.18. The van der Waals surface area contributed by atoms with Crippen molar-refractivity contribution in [3.8, 4) is 0 Å². The summed E-state index contributed by atoms with van der Waals surface area (Å²) in [5.74, 6) is 0.791. The van der Waals surface area contributed by atoms with Crippen LogP contribution in [0.15, 0.2) is 18.2 Å². The predicted molar refractivity (Wildman–Crippen MR) is 75.4 cm³/mol. The van der Waals surface area contributed by atoms with Gasteiger partial charge < -0.3 is 5.32 Å². The second-order valence-electron chi connectivity index (χ2n) is 5.59. The smallest absolute Gasteiger partial charge is 0.126 e. The van der Waals surface area contributed by atoms with Crippen molar-refractivity contribution in [1.82, 2.24) is 0 Å². The Morgan fingerprint density at radius 2 is 2.06 bits per heavy atom. The van der Waals surface area contributed by atoms with Crippen LogP contribution in [0.5, 0.6) is 0 Å². The van der Waals surface area contributed by atoms with Gasteiger partial charge in [0.05, 0.1) is 0 Å². The Hall–Kier alpha value is -1.05. The van der Waals surface area contributed by atoms with E-state index < -0.39 is 0 Å². The van der Waals surface area contributed by atoms with E-state index in [1.54, 1.807) is 6.07 Å². The van der Waals surface area contributed by atoms with Gasteiger partial charge >= 0.3 is 0 Å². The highest BCUT2D eigenvalue weighted by molar-refractivity contribution is 5.46. The van der Waals surface area contributed by atoms with E-state index in [-0.39, 0.29) is 5.82 Å². The molecule has 1 aliphatic rings. The molecule has 0 bridgehead atoms. The molecule has 0 spiro atoms. The first-order valence-corrected chi connectivity index (χ1v) is 7.21. The molecule has 1 aliphatic carbocycles. The van der Waals surface area contributed by atoms with E-state index in [0.29, 0.717) is 6.04 Å². The van der Waals surface area contributed by atoms with Crippen LogP contribution in [0.1, 0.15) is 51.0 Å². The number of hydrogen-bond acceptors (Lipinski definition) is 1. The second kappa shape index (κ2) is 6.21. The van der Waals surface area contributed by atoms with Crippen LogP contribution in [-0.4, -0.2) is 6.04 Å². The molecule has 0 amide bonds. The summed E-state index contributed by atoms with van der Waals surface area (Å²) in [6.07, 6.45) is 7.81. The van der Waals surface area contributed by atoms with Crippen molar-refractivity contribution in [2.24, 2.45) is 5.92 Å². The summed E-state index contributed by atoms with van der Waals surface area (Å²) >= 11 is 0. The van der Waals surface area contributed by atoms with E-state index in [9.17, 15) is 4.39 Å². The minimum Gasteiger partial charge on any atom is -0.382 e. The fourth-order valence-corrected chi connectivity index (χ4v) is 2.90. The third-order valence-electron chi connectivity index (χ3n) is 4.19. The Labute approximate surface area is 110 Å². The summed E-state index contributed by atoms with van der Waals surface area (Å²) in [5, 5.41) is 3.57. The van der Waals surface area contributed by atoms with Gasteiger partial charge in [0.15, 0.2) is 0 Å². The van der Waals surface area contributed by atoms with Gasteiger partial charge in [-0.3, -0.25) is 0 Å². The second-order valence-corrected chi connectivity index (χ2v) is 5.59. The maximum Gasteiger partial charge on any atom is 0.126 e. The minimum atomic E-state index is -0.118. The van der Waals surface area contributed by atoms with Gasteiger partial charge in [0, 0.05) is 11.7 Å². The molecule has 1 fully saturated rings. The third kappa shape index (κ3) is 3.47. The maximum atomic E-state index is 13.2. The molecule has 1 saturated carbocycles. The number of anilines is 1. The summed E-state index contributed by atoms with van der Waals surface area (Å²) in [7, 11) is 0. The first-order valence-electron chi connectivity index (χ1n) is 7.21. The van der Waals surface area contributed by atoms with Gasteiger partial charge in [-0.15, -0.1) is 0 Å². The quantitative estimate of drug-likeness (QED) is 0.751. The summed E-state index contributed by atoms with van der Waals surface area (Å²) < 4.78 is 13.2. The van der Waals surface area contributed by atoms with Crippen LogP contribution in [-0.2, 0) is 0 Å². The van der Waals surface area contributed by atoms with Crippen molar-refractivity contribution in [2.45, 2.75) is 58.4 Å². The average Bonchev–Trinajstić information content (AvgIpc) is 2.59. The van der Waals surface area contributed by atoms with Crippen LogP contribution in [0, 0.1) is 18.7 Å². The summed E-state index contributed by atoms with van der Waals surface area (Å²) in [5.41, 5.74) is 1.79. The molecule has 1 aromatic rings. The van der Waals surface area contributed by atoms with Crippen LogP contribution in [0.25, 0.3) is 0 Å². The highest BCUT2D eigenvalue weighted by Gasteiger charge is 2.17. The molecule has 2 rings (SSSR count). The van der Waals surface area contributed by atoms with Gasteiger partial charge in [0.25, 0.3) is 0 Å². The highest BCUT2D eigenvalue weighted by atomic mass is 19.1. The van der Waals surface area contributed by atoms with Gasteiger partial charge in [-0.25, -0.2) is 4.39 Å². The van der Waals surface area contributed by atoms with E-state index in [1.807, 2.05) is 19.1 Å². The monoisotopic (exact) mass is 249 g/mol. The van der Waals surface area contributed by atoms with Crippen molar-refractivity contribution in [1.29, 1.82) is 0 Å². The number of rotatable bonds is 3. The standard InChI is InChI=1S/C16H24FN/c1-3-13-5-4-6-14(8-7-13)18-15-9-10-16(17)12(2)11-15/h9-11,13-14,18H,3-8H2,1-2H3. The zero-order valence-electron chi connectivity index (χ0n) is 11.5. The fraction of sp³-hybridized carbons (Fsp3) is 0.625. The van der Waals surface area contributed by atoms with E-state index in [4.69, 9.17) is 0 Å². The normalized spacial score (nSPS) is 24.6. The van der Waals surface area contributed by atoms with Crippen LogP contribution in [0.4, 0.5) is 10.1 Å². The molecule has 1 aromatic carbocycles. The van der Waals surface area contributed by atoms with E-state index in [0.717, 1.165) is 17.2 Å². The lowest BCUT2D eigenvalue weighted by Crippen LogP contribution is -2.18. The van der Waals surface area contributed by atoms with E-state index >= 15 is 0 Å². The van der Waals surface area contributed by atoms with Crippen molar-refractivity contribution in [3.63, 3.8) is 0 Å². The van der Waals surface area contributed by atoms with Crippen molar-refractivity contribution >= 4 is 5.69 Å². The van der Waals surface area contributed by atoms with Crippen LogP contribution >= 0.6 is 0 Å². The van der Waals surface area contributed by atoms with Gasteiger partial charge in [0.2, 0.25) is 0 Å². The molecule has 18 heavy (non-hydrogen) atoms. The molecule has 0 aromatic heterocycles. The molecule has 100 valence electrons. The van der Waals surface area contributed by atoms with Crippen LogP contribution in [0.3, 0.4) is 0 Å². The molecule has 0 aliphatic heterocycles. The molecule has 0 saturated heterocycles. The summed E-state index contributed by atoms with van der Waals surface area (Å²) in [4.78, 5) is 0. The number of nitrogens with one attached hydrogen (secondary N) is 1. The molecule has 2 unspecified atom stereocenters. The number of benzene rings is 1. The molecule has 1 nitrogen and oxygen atoms in total. The predicted octanol–water partition coefficient (Wildman–Crippen LogP) is 4.90. The number of halogens is 1. The molecule has 0 heterocycles. The van der Waals surface area contributed by atoms with E-state index in [1.165, 1.54) is 38.5 Å². The Bertz CT molecular complexity index is 389. The van der Waals surface area contributed by atoms with Crippen molar-refractivity contribution in [3.05, 3.63) is 29.6 Å². The lowest BCUT2D eigenvalue weighted by molar-refractivity contribution is 0.444. The Morgan fingerprint density at radius 1 is 1.22 bits per heavy atom. The van der Waals surface area contributed by atoms with Crippen LogP contribution in [0.2, 0.25) is 0 Å². The number of hydrogen-bond donors (Lipinski definition) is 1. The SMILES string of the molecule is CCC1CCCC(Nc2ccc(F)c(C)c2)CC1. The number of aryl methyl sites for hydroxylation is 1. The first-order chi connectivity index (χ1) is 8.69. The van der Waals surface area contributed by atoms with Gasteiger partial charge in [-0.2, -0.15) is 0 Å². The molecule has 0 radical (unpaired) electrons. The lowest BCUT2D eigenvalue weighted by atomic mass is 9.98. The van der Waals surface area contributed by atoms with Gasteiger partial charge in [-0.1, -0.05) is 26.2 Å². The molecular formula is C16H24FN. The Kier molecular flexibility index (Phi) is 4.62. The topological polar surface area (TPSA) is 12.0 Å². The molecule has 2 atom stereocenters.